The van der Waals surface area contributed by atoms with Gasteiger partial charge in [-0.2, -0.15) is 0 Å². The number of aromatic nitrogens is 1. The molecule has 2 aromatic heterocycles. The molecule has 3 rings (SSSR count). The van der Waals surface area contributed by atoms with E-state index in [2.05, 4.69) is 10.3 Å². The van der Waals surface area contributed by atoms with Gasteiger partial charge in [0.05, 0.1) is 18.0 Å². The van der Waals surface area contributed by atoms with E-state index in [1.807, 2.05) is 41.8 Å². The number of pyridine rings is 1. The highest BCUT2D eigenvalue weighted by Gasteiger charge is 2.20. The zero-order chi connectivity index (χ0) is 16.2. The number of carbonyl (C=O) groups excluding carboxylic acids is 1. The van der Waals surface area contributed by atoms with Crippen LogP contribution in [0.4, 0.5) is 0 Å². The number of hydrogen-bond acceptors (Lipinski definition) is 4. The molecule has 0 bridgehead atoms. The van der Waals surface area contributed by atoms with Gasteiger partial charge in [-0.15, -0.1) is 11.3 Å². The van der Waals surface area contributed by atoms with Crippen molar-refractivity contribution in [1.29, 1.82) is 0 Å². The lowest BCUT2D eigenvalue weighted by Crippen LogP contribution is -2.30. The maximum absolute atomic E-state index is 12.6. The van der Waals surface area contributed by atoms with Gasteiger partial charge < -0.3 is 10.4 Å². The van der Waals surface area contributed by atoms with Crippen LogP contribution in [0.25, 0.3) is 10.8 Å². The van der Waals surface area contributed by atoms with Crippen LogP contribution in [0, 0.1) is 0 Å². The van der Waals surface area contributed by atoms with Crippen LogP contribution in [0.3, 0.4) is 0 Å². The standard InChI is InChI=1S/C17H14N2O3S/c20-16(21)8-14(15-6-3-7-23-15)19-17(22)13-10-18-9-11-4-1-2-5-12(11)13/h1-7,9-10,14H,8H2,(H,19,22)(H,20,21). The quantitative estimate of drug-likeness (QED) is 0.754. The molecule has 6 heteroatoms. The van der Waals surface area contributed by atoms with Gasteiger partial charge >= 0.3 is 5.97 Å². The molecule has 0 aliphatic heterocycles. The SMILES string of the molecule is O=C(O)CC(NC(=O)c1cncc2ccccc12)c1cccs1. The van der Waals surface area contributed by atoms with Crippen molar-refractivity contribution in [3.05, 3.63) is 64.6 Å². The second kappa shape index (κ2) is 6.58. The highest BCUT2D eigenvalue weighted by Crippen LogP contribution is 2.24. The topological polar surface area (TPSA) is 79.3 Å². The number of aliphatic carboxylic acids is 1. The van der Waals surface area contributed by atoms with Crippen molar-refractivity contribution in [1.82, 2.24) is 10.3 Å². The molecular formula is C17H14N2O3S. The maximum atomic E-state index is 12.6. The Labute approximate surface area is 136 Å². The number of rotatable bonds is 5. The van der Waals surface area contributed by atoms with Crippen molar-refractivity contribution in [3.8, 4) is 0 Å². The summed E-state index contributed by atoms with van der Waals surface area (Å²) in [6, 6.07) is 10.6. The first-order chi connectivity index (χ1) is 11.1. The third kappa shape index (κ3) is 3.37. The van der Waals surface area contributed by atoms with Crippen LogP contribution in [0.15, 0.2) is 54.2 Å². The van der Waals surface area contributed by atoms with E-state index < -0.39 is 12.0 Å². The Hall–Kier alpha value is -2.73. The lowest BCUT2D eigenvalue weighted by molar-refractivity contribution is -0.137. The minimum Gasteiger partial charge on any atom is -0.481 e. The van der Waals surface area contributed by atoms with Crippen LogP contribution in [0.2, 0.25) is 0 Å². The van der Waals surface area contributed by atoms with Crippen molar-refractivity contribution < 1.29 is 14.7 Å². The Morgan fingerprint density at radius 2 is 2.00 bits per heavy atom. The average molecular weight is 326 g/mol. The number of carboxylic acids is 1. The largest absolute Gasteiger partial charge is 0.481 e. The van der Waals surface area contributed by atoms with Gasteiger partial charge in [0.15, 0.2) is 0 Å². The summed E-state index contributed by atoms with van der Waals surface area (Å²) in [5.41, 5.74) is 0.440. The maximum Gasteiger partial charge on any atom is 0.305 e. The number of thiophene rings is 1. The molecule has 0 saturated carbocycles. The molecule has 1 unspecified atom stereocenters. The summed E-state index contributed by atoms with van der Waals surface area (Å²) in [6.45, 7) is 0. The predicted octanol–water partition coefficient (Wildman–Crippen LogP) is 3.24. The van der Waals surface area contributed by atoms with Crippen molar-refractivity contribution in [2.45, 2.75) is 12.5 Å². The molecule has 116 valence electrons. The van der Waals surface area contributed by atoms with E-state index in [-0.39, 0.29) is 12.3 Å². The van der Waals surface area contributed by atoms with Gasteiger partial charge in [-0.1, -0.05) is 30.3 Å². The van der Waals surface area contributed by atoms with Crippen molar-refractivity contribution in [3.63, 3.8) is 0 Å². The third-order valence-corrected chi connectivity index (χ3v) is 4.47. The highest BCUT2D eigenvalue weighted by molar-refractivity contribution is 7.10. The Balaban J connectivity index is 1.90. The molecule has 0 radical (unpaired) electrons. The summed E-state index contributed by atoms with van der Waals surface area (Å²) >= 11 is 1.42. The summed E-state index contributed by atoms with van der Waals surface area (Å²) in [6.07, 6.45) is 3.04. The molecule has 0 aliphatic carbocycles. The summed E-state index contributed by atoms with van der Waals surface area (Å²) in [5, 5.41) is 15.4. The lowest BCUT2D eigenvalue weighted by atomic mass is 10.1. The molecule has 2 N–H and O–H groups in total. The van der Waals surface area contributed by atoms with E-state index in [1.54, 1.807) is 6.20 Å². The molecule has 0 spiro atoms. The molecular weight excluding hydrogens is 312 g/mol. The fourth-order valence-corrected chi connectivity index (χ4v) is 3.20. The molecule has 1 aromatic carbocycles. The van der Waals surface area contributed by atoms with Gasteiger partial charge in [0, 0.05) is 22.7 Å². The molecule has 5 nitrogen and oxygen atoms in total. The molecule has 23 heavy (non-hydrogen) atoms. The Bertz CT molecular complexity index is 841. The van der Waals surface area contributed by atoms with E-state index >= 15 is 0 Å². The number of nitrogens with one attached hydrogen (secondary N) is 1. The predicted molar refractivity (Wildman–Crippen MR) is 88.5 cm³/mol. The molecule has 0 fully saturated rings. The number of fused-ring (bicyclic) bond motifs is 1. The number of amides is 1. The van der Waals surface area contributed by atoms with Crippen LogP contribution in [0.1, 0.15) is 27.7 Å². The molecule has 0 aliphatic rings. The average Bonchev–Trinajstić information content (AvgIpc) is 3.07. The fourth-order valence-electron chi connectivity index (χ4n) is 2.42. The molecule has 3 aromatic rings. The van der Waals surface area contributed by atoms with E-state index in [0.717, 1.165) is 15.6 Å². The van der Waals surface area contributed by atoms with Gasteiger partial charge in [-0.3, -0.25) is 14.6 Å². The van der Waals surface area contributed by atoms with Gasteiger partial charge in [0.1, 0.15) is 0 Å². The van der Waals surface area contributed by atoms with Crippen LogP contribution < -0.4 is 5.32 Å². The van der Waals surface area contributed by atoms with Crippen molar-refractivity contribution in [2.24, 2.45) is 0 Å². The van der Waals surface area contributed by atoms with Crippen molar-refractivity contribution >= 4 is 34.0 Å². The van der Waals surface area contributed by atoms with Crippen LogP contribution in [0.5, 0.6) is 0 Å². The van der Waals surface area contributed by atoms with Crippen LogP contribution in [-0.4, -0.2) is 22.0 Å². The molecule has 0 saturated heterocycles. The number of carbonyl (C=O) groups is 2. The van der Waals surface area contributed by atoms with Gasteiger partial charge in [-0.25, -0.2) is 0 Å². The Morgan fingerprint density at radius 1 is 1.17 bits per heavy atom. The highest BCUT2D eigenvalue weighted by atomic mass is 32.1. The summed E-state index contributed by atoms with van der Waals surface area (Å²) < 4.78 is 0. The zero-order valence-electron chi connectivity index (χ0n) is 12.1. The first-order valence-corrected chi connectivity index (χ1v) is 7.92. The number of hydrogen-bond donors (Lipinski definition) is 2. The van der Waals surface area contributed by atoms with E-state index in [4.69, 9.17) is 5.11 Å². The number of benzene rings is 1. The Kier molecular flexibility index (Phi) is 4.34. The molecule has 1 amide bonds. The summed E-state index contributed by atoms with van der Waals surface area (Å²) in [5.74, 6) is -1.28. The van der Waals surface area contributed by atoms with E-state index in [9.17, 15) is 9.59 Å². The second-order valence-corrected chi connectivity index (χ2v) is 6.03. The van der Waals surface area contributed by atoms with Crippen LogP contribution in [-0.2, 0) is 4.79 Å². The minimum atomic E-state index is -0.959. The van der Waals surface area contributed by atoms with Crippen molar-refractivity contribution in [2.75, 3.05) is 0 Å². The Morgan fingerprint density at radius 3 is 2.74 bits per heavy atom. The lowest BCUT2D eigenvalue weighted by Gasteiger charge is -2.16. The third-order valence-electron chi connectivity index (χ3n) is 3.48. The second-order valence-electron chi connectivity index (χ2n) is 5.05. The van der Waals surface area contributed by atoms with Gasteiger partial charge in [-0.05, 0) is 16.8 Å². The number of carboxylic acid groups (broad SMARTS) is 1. The van der Waals surface area contributed by atoms with E-state index in [0.29, 0.717) is 5.56 Å². The summed E-state index contributed by atoms with van der Waals surface area (Å²) in [4.78, 5) is 28.6. The van der Waals surface area contributed by atoms with Crippen LogP contribution >= 0.6 is 11.3 Å². The zero-order valence-corrected chi connectivity index (χ0v) is 12.9. The van der Waals surface area contributed by atoms with E-state index in [1.165, 1.54) is 17.5 Å². The van der Waals surface area contributed by atoms with Gasteiger partial charge in [0.2, 0.25) is 0 Å². The monoisotopic (exact) mass is 326 g/mol. The smallest absolute Gasteiger partial charge is 0.305 e. The fraction of sp³-hybridized carbons (Fsp3) is 0.118. The first-order valence-electron chi connectivity index (χ1n) is 7.04. The number of nitrogens with zero attached hydrogens (tertiary/aromatic N) is 1. The normalized spacial score (nSPS) is 12.0. The van der Waals surface area contributed by atoms with Gasteiger partial charge in [0.25, 0.3) is 5.91 Å². The summed E-state index contributed by atoms with van der Waals surface area (Å²) in [7, 11) is 0. The first kappa shape index (κ1) is 15.2. The molecule has 1 atom stereocenters. The minimum absolute atomic E-state index is 0.162. The molecule has 2 heterocycles.